The van der Waals surface area contributed by atoms with Crippen LogP contribution in [-0.2, 0) is 11.3 Å². The molecule has 27 heavy (non-hydrogen) atoms. The van der Waals surface area contributed by atoms with Gasteiger partial charge in [0.2, 0.25) is 0 Å². The summed E-state index contributed by atoms with van der Waals surface area (Å²) in [5.41, 5.74) is 1.20. The Kier molecular flexibility index (Phi) is 6.28. The highest BCUT2D eigenvalue weighted by molar-refractivity contribution is 5.75. The van der Waals surface area contributed by atoms with Gasteiger partial charge in [-0.25, -0.2) is 4.79 Å². The Morgan fingerprint density at radius 2 is 2.07 bits per heavy atom. The number of nitrogens with one attached hydrogen (secondary N) is 1. The Bertz CT molecular complexity index is 740. The number of likely N-dealkylation sites (tertiary alicyclic amines) is 1. The Labute approximate surface area is 159 Å². The molecule has 0 saturated carbocycles. The molecule has 8 nitrogen and oxygen atoms in total. The Balaban J connectivity index is 1.45. The summed E-state index contributed by atoms with van der Waals surface area (Å²) in [6.07, 6.45) is 2.58. The van der Waals surface area contributed by atoms with Crippen LogP contribution in [0.25, 0.3) is 0 Å². The van der Waals surface area contributed by atoms with Crippen LogP contribution in [0.5, 0.6) is 5.75 Å². The first-order valence-electron chi connectivity index (χ1n) is 9.22. The van der Waals surface area contributed by atoms with Crippen molar-refractivity contribution in [3.8, 4) is 5.75 Å². The molecule has 0 unspecified atom stereocenters. The molecular formula is C19H27N5O3. The Morgan fingerprint density at radius 3 is 2.78 bits per heavy atom. The lowest BCUT2D eigenvalue weighted by Gasteiger charge is -2.39. The summed E-state index contributed by atoms with van der Waals surface area (Å²) in [7, 11) is 1.68. The zero-order valence-electron chi connectivity index (χ0n) is 16.1. The minimum absolute atomic E-state index is 0.0338. The van der Waals surface area contributed by atoms with Crippen LogP contribution in [-0.4, -0.2) is 58.6 Å². The summed E-state index contributed by atoms with van der Waals surface area (Å²) in [4.78, 5) is 14.2. The second kappa shape index (κ2) is 8.85. The van der Waals surface area contributed by atoms with Crippen LogP contribution in [0.4, 0.5) is 4.79 Å². The van der Waals surface area contributed by atoms with Crippen molar-refractivity contribution in [2.75, 3.05) is 26.8 Å². The number of aryl methyl sites for hydroxylation is 2. The van der Waals surface area contributed by atoms with Gasteiger partial charge in [0.1, 0.15) is 18.2 Å². The fourth-order valence-electron chi connectivity index (χ4n) is 2.98. The van der Waals surface area contributed by atoms with Crippen LogP contribution in [0, 0.1) is 6.92 Å². The minimum atomic E-state index is -0.223. The number of methoxy groups -OCH3 is 1. The van der Waals surface area contributed by atoms with Crippen molar-refractivity contribution in [3.63, 3.8) is 0 Å². The topological polar surface area (TPSA) is 81.5 Å². The molecule has 1 saturated heterocycles. The molecule has 2 amide bonds. The molecule has 146 valence electrons. The largest absolute Gasteiger partial charge is 0.487 e. The van der Waals surface area contributed by atoms with Crippen LogP contribution in [0.2, 0.25) is 0 Å². The number of carbonyl (C=O) groups excluding carboxylic acids is 1. The van der Waals surface area contributed by atoms with Gasteiger partial charge in [-0.3, -0.25) is 0 Å². The summed E-state index contributed by atoms with van der Waals surface area (Å²) in [5.74, 6) is 1.58. The molecule has 1 aromatic carbocycles. The molecule has 0 bridgehead atoms. The van der Waals surface area contributed by atoms with Gasteiger partial charge < -0.3 is 24.3 Å². The second-order valence-electron chi connectivity index (χ2n) is 6.86. The zero-order valence-corrected chi connectivity index (χ0v) is 16.1. The van der Waals surface area contributed by atoms with E-state index in [1.165, 1.54) is 5.56 Å². The SMILES string of the molecule is COCCCn1cnnc1[C@@H](C)NC(=O)N1CC(Oc2ccc(C)cc2)C1. The highest BCUT2D eigenvalue weighted by Crippen LogP contribution is 2.19. The summed E-state index contributed by atoms with van der Waals surface area (Å²) in [6.45, 7) is 6.54. The molecule has 1 aliphatic rings. The predicted molar refractivity (Wildman–Crippen MR) is 101 cm³/mol. The van der Waals surface area contributed by atoms with Gasteiger partial charge in [0, 0.05) is 20.3 Å². The minimum Gasteiger partial charge on any atom is -0.487 e. The van der Waals surface area contributed by atoms with Gasteiger partial charge in [0.15, 0.2) is 5.82 Å². The summed E-state index contributed by atoms with van der Waals surface area (Å²) in [6, 6.07) is 7.61. The smallest absolute Gasteiger partial charge is 0.318 e. The monoisotopic (exact) mass is 373 g/mol. The Hall–Kier alpha value is -2.61. The molecule has 1 atom stereocenters. The number of hydrogen-bond donors (Lipinski definition) is 1. The molecule has 1 fully saturated rings. The standard InChI is InChI=1S/C19H27N5O3/c1-14-5-7-16(8-6-14)27-17-11-24(12-17)19(25)21-15(2)18-22-20-13-23(18)9-4-10-26-3/h5-8,13,15,17H,4,9-12H2,1-3H3,(H,21,25)/t15-/m1/s1. The number of nitrogens with zero attached hydrogens (tertiary/aromatic N) is 4. The van der Waals surface area contributed by atoms with Crippen molar-refractivity contribution in [1.82, 2.24) is 25.0 Å². The van der Waals surface area contributed by atoms with Gasteiger partial charge in [-0.15, -0.1) is 10.2 Å². The van der Waals surface area contributed by atoms with E-state index >= 15 is 0 Å². The van der Waals surface area contributed by atoms with E-state index in [1.54, 1.807) is 18.3 Å². The lowest BCUT2D eigenvalue weighted by molar-refractivity contribution is 0.0435. The highest BCUT2D eigenvalue weighted by Gasteiger charge is 2.33. The summed E-state index contributed by atoms with van der Waals surface area (Å²) in [5, 5.41) is 11.1. The average molecular weight is 373 g/mol. The third-order valence-electron chi connectivity index (χ3n) is 4.58. The van der Waals surface area contributed by atoms with Crippen LogP contribution in [0.15, 0.2) is 30.6 Å². The van der Waals surface area contributed by atoms with Crippen LogP contribution >= 0.6 is 0 Å². The van der Waals surface area contributed by atoms with Crippen molar-refractivity contribution in [1.29, 1.82) is 0 Å². The van der Waals surface area contributed by atoms with E-state index in [0.717, 1.165) is 24.5 Å². The first-order chi connectivity index (χ1) is 13.1. The number of urea groups is 1. The lowest BCUT2D eigenvalue weighted by Crippen LogP contribution is -2.59. The maximum absolute atomic E-state index is 12.4. The maximum Gasteiger partial charge on any atom is 0.318 e. The van der Waals surface area contributed by atoms with Crippen LogP contribution in [0.3, 0.4) is 0 Å². The van der Waals surface area contributed by atoms with E-state index in [9.17, 15) is 4.79 Å². The van der Waals surface area contributed by atoms with Crippen LogP contribution in [0.1, 0.15) is 30.8 Å². The third kappa shape index (κ3) is 4.97. The van der Waals surface area contributed by atoms with E-state index < -0.39 is 0 Å². The van der Waals surface area contributed by atoms with Crippen molar-refractivity contribution >= 4 is 6.03 Å². The number of rotatable bonds is 8. The molecule has 1 N–H and O–H groups in total. The van der Waals surface area contributed by atoms with Gasteiger partial charge in [0.05, 0.1) is 19.1 Å². The molecule has 8 heteroatoms. The van der Waals surface area contributed by atoms with Gasteiger partial charge in [0.25, 0.3) is 0 Å². The van der Waals surface area contributed by atoms with E-state index in [0.29, 0.717) is 19.7 Å². The number of aromatic nitrogens is 3. The number of hydrogen-bond acceptors (Lipinski definition) is 5. The van der Waals surface area contributed by atoms with Crippen molar-refractivity contribution < 1.29 is 14.3 Å². The first kappa shape index (κ1) is 19.2. The molecule has 3 rings (SSSR count). The van der Waals surface area contributed by atoms with Gasteiger partial charge in [-0.05, 0) is 32.4 Å². The van der Waals surface area contributed by atoms with Crippen molar-refractivity contribution in [3.05, 3.63) is 42.0 Å². The maximum atomic E-state index is 12.4. The van der Waals surface area contributed by atoms with E-state index in [2.05, 4.69) is 15.5 Å². The fourth-order valence-corrected chi connectivity index (χ4v) is 2.98. The van der Waals surface area contributed by atoms with Gasteiger partial charge >= 0.3 is 6.03 Å². The molecular weight excluding hydrogens is 346 g/mol. The molecule has 1 aromatic heterocycles. The molecule has 0 radical (unpaired) electrons. The molecule has 2 aromatic rings. The lowest BCUT2D eigenvalue weighted by atomic mass is 10.1. The molecule has 0 spiro atoms. The van der Waals surface area contributed by atoms with E-state index in [4.69, 9.17) is 9.47 Å². The van der Waals surface area contributed by atoms with Crippen molar-refractivity contribution in [2.24, 2.45) is 0 Å². The van der Waals surface area contributed by atoms with Gasteiger partial charge in [-0.1, -0.05) is 17.7 Å². The molecule has 2 heterocycles. The summed E-state index contributed by atoms with van der Waals surface area (Å²) < 4.78 is 12.9. The quantitative estimate of drug-likeness (QED) is 0.717. The van der Waals surface area contributed by atoms with Gasteiger partial charge in [-0.2, -0.15) is 0 Å². The number of benzene rings is 1. The normalized spacial score (nSPS) is 15.3. The average Bonchev–Trinajstić information content (AvgIpc) is 3.08. The zero-order chi connectivity index (χ0) is 19.2. The second-order valence-corrected chi connectivity index (χ2v) is 6.86. The molecule has 0 aliphatic carbocycles. The van der Waals surface area contributed by atoms with Crippen molar-refractivity contribution in [2.45, 2.75) is 39.0 Å². The predicted octanol–water partition coefficient (Wildman–Crippen LogP) is 2.16. The van der Waals surface area contributed by atoms with E-state index in [1.807, 2.05) is 42.7 Å². The summed E-state index contributed by atoms with van der Waals surface area (Å²) >= 11 is 0. The number of ether oxygens (including phenoxy) is 2. The van der Waals surface area contributed by atoms with Crippen LogP contribution < -0.4 is 10.1 Å². The third-order valence-corrected chi connectivity index (χ3v) is 4.58. The van der Waals surface area contributed by atoms with E-state index in [-0.39, 0.29) is 18.2 Å². The highest BCUT2D eigenvalue weighted by atomic mass is 16.5. The number of carbonyl (C=O) groups is 1. The Morgan fingerprint density at radius 1 is 1.33 bits per heavy atom. The number of amides is 2. The fraction of sp³-hybridized carbons (Fsp3) is 0.526. The first-order valence-corrected chi connectivity index (χ1v) is 9.22. The molecule has 1 aliphatic heterocycles.